The first kappa shape index (κ1) is 11.8. The van der Waals surface area contributed by atoms with Gasteiger partial charge in [-0.25, -0.2) is 4.79 Å². The van der Waals surface area contributed by atoms with Gasteiger partial charge in [-0.15, -0.1) is 0 Å². The van der Waals surface area contributed by atoms with Crippen LogP contribution in [0.25, 0.3) is 0 Å². The lowest BCUT2D eigenvalue weighted by Crippen LogP contribution is -2.27. The maximum atomic E-state index is 11.4. The molecule has 0 atom stereocenters. The fourth-order valence-corrected chi connectivity index (χ4v) is 1.82. The molecule has 17 heavy (non-hydrogen) atoms. The Morgan fingerprint density at radius 1 is 1.24 bits per heavy atom. The zero-order valence-electron chi connectivity index (χ0n) is 10.5. The third kappa shape index (κ3) is 2.52. The fourth-order valence-electron chi connectivity index (χ4n) is 1.82. The molecule has 2 rings (SSSR count). The standard InChI is InChI=1S/C13H18N2O2/c1-13(2)7-14-10-5-4-9(12(16)17-3)6-11(10)15-8-13/h4-6,14-15H,7-8H2,1-3H3. The summed E-state index contributed by atoms with van der Waals surface area (Å²) in [6.45, 7) is 6.17. The second kappa shape index (κ2) is 4.28. The largest absolute Gasteiger partial charge is 0.465 e. The van der Waals surface area contributed by atoms with Crippen LogP contribution in [-0.2, 0) is 4.74 Å². The van der Waals surface area contributed by atoms with Crippen LogP contribution in [0.4, 0.5) is 11.4 Å². The number of carbonyl (C=O) groups excluding carboxylic acids is 1. The van der Waals surface area contributed by atoms with Gasteiger partial charge in [0.05, 0.1) is 24.0 Å². The molecule has 1 aliphatic rings. The van der Waals surface area contributed by atoms with Crippen molar-refractivity contribution >= 4 is 17.3 Å². The first-order valence-electron chi connectivity index (χ1n) is 5.72. The van der Waals surface area contributed by atoms with Crippen molar-refractivity contribution < 1.29 is 9.53 Å². The van der Waals surface area contributed by atoms with E-state index in [4.69, 9.17) is 4.74 Å². The van der Waals surface area contributed by atoms with Crippen molar-refractivity contribution in [3.05, 3.63) is 23.8 Å². The van der Waals surface area contributed by atoms with E-state index in [1.54, 1.807) is 6.07 Å². The first-order valence-corrected chi connectivity index (χ1v) is 5.72. The molecule has 0 aromatic heterocycles. The average Bonchev–Trinajstić information content (AvgIpc) is 2.47. The number of nitrogens with one attached hydrogen (secondary N) is 2. The maximum absolute atomic E-state index is 11.4. The van der Waals surface area contributed by atoms with Crippen molar-refractivity contribution in [2.75, 3.05) is 30.8 Å². The van der Waals surface area contributed by atoms with Crippen LogP contribution in [0.1, 0.15) is 24.2 Å². The highest BCUT2D eigenvalue weighted by Gasteiger charge is 2.22. The predicted molar refractivity (Wildman–Crippen MR) is 68.5 cm³/mol. The van der Waals surface area contributed by atoms with Crippen molar-refractivity contribution in [1.82, 2.24) is 0 Å². The quantitative estimate of drug-likeness (QED) is 0.732. The van der Waals surface area contributed by atoms with Crippen molar-refractivity contribution in [2.24, 2.45) is 5.41 Å². The lowest BCUT2D eigenvalue weighted by Gasteiger charge is -2.21. The van der Waals surface area contributed by atoms with E-state index in [9.17, 15) is 4.79 Å². The Kier molecular flexibility index (Phi) is 2.96. The molecule has 0 saturated carbocycles. The second-order valence-corrected chi connectivity index (χ2v) is 5.12. The molecule has 1 aromatic carbocycles. The van der Waals surface area contributed by atoms with Crippen LogP contribution in [0.3, 0.4) is 0 Å². The molecule has 0 fully saturated rings. The molecule has 4 heteroatoms. The van der Waals surface area contributed by atoms with Gasteiger partial charge in [0.1, 0.15) is 0 Å². The van der Waals surface area contributed by atoms with E-state index in [-0.39, 0.29) is 11.4 Å². The van der Waals surface area contributed by atoms with Crippen LogP contribution in [-0.4, -0.2) is 26.2 Å². The minimum absolute atomic E-state index is 0.185. The van der Waals surface area contributed by atoms with Crippen LogP contribution < -0.4 is 10.6 Å². The minimum atomic E-state index is -0.307. The first-order chi connectivity index (χ1) is 8.02. The Labute approximate surface area is 101 Å². The third-order valence-electron chi connectivity index (χ3n) is 2.96. The van der Waals surface area contributed by atoms with Crippen molar-refractivity contribution in [2.45, 2.75) is 13.8 Å². The number of benzene rings is 1. The molecular formula is C13H18N2O2. The molecule has 0 aliphatic carbocycles. The average molecular weight is 234 g/mol. The molecule has 0 spiro atoms. The molecule has 0 bridgehead atoms. The van der Waals surface area contributed by atoms with E-state index in [1.165, 1.54) is 7.11 Å². The van der Waals surface area contributed by atoms with Crippen LogP contribution in [0.5, 0.6) is 0 Å². The molecule has 4 nitrogen and oxygen atoms in total. The molecule has 1 aromatic rings. The predicted octanol–water partition coefficient (Wildman–Crippen LogP) is 2.34. The number of esters is 1. The molecule has 2 N–H and O–H groups in total. The van der Waals surface area contributed by atoms with Crippen LogP contribution in [0, 0.1) is 5.41 Å². The van der Waals surface area contributed by atoms with Crippen LogP contribution in [0.2, 0.25) is 0 Å². The summed E-state index contributed by atoms with van der Waals surface area (Å²) < 4.78 is 4.71. The van der Waals surface area contributed by atoms with Crippen molar-refractivity contribution in [3.8, 4) is 0 Å². The molecule has 1 heterocycles. The van der Waals surface area contributed by atoms with Gasteiger partial charge in [-0.05, 0) is 23.6 Å². The van der Waals surface area contributed by atoms with Crippen LogP contribution >= 0.6 is 0 Å². The van der Waals surface area contributed by atoms with Gasteiger partial charge in [0.25, 0.3) is 0 Å². The number of methoxy groups -OCH3 is 1. The molecular weight excluding hydrogens is 216 g/mol. The monoisotopic (exact) mass is 234 g/mol. The highest BCUT2D eigenvalue weighted by molar-refractivity contribution is 5.92. The molecule has 0 unspecified atom stereocenters. The summed E-state index contributed by atoms with van der Waals surface area (Å²) in [6, 6.07) is 5.52. The highest BCUT2D eigenvalue weighted by Crippen LogP contribution is 2.29. The number of hydrogen-bond acceptors (Lipinski definition) is 4. The van der Waals surface area contributed by atoms with Gasteiger partial charge in [0, 0.05) is 13.1 Å². The summed E-state index contributed by atoms with van der Waals surface area (Å²) in [5.74, 6) is -0.307. The summed E-state index contributed by atoms with van der Waals surface area (Å²) >= 11 is 0. The lowest BCUT2D eigenvalue weighted by molar-refractivity contribution is 0.0601. The summed E-state index contributed by atoms with van der Waals surface area (Å²) in [6.07, 6.45) is 0. The van der Waals surface area contributed by atoms with Gasteiger partial charge in [-0.3, -0.25) is 0 Å². The molecule has 0 amide bonds. The Morgan fingerprint density at radius 3 is 2.53 bits per heavy atom. The molecule has 1 aliphatic heterocycles. The van der Waals surface area contributed by atoms with E-state index >= 15 is 0 Å². The Morgan fingerprint density at radius 2 is 1.88 bits per heavy atom. The van der Waals surface area contributed by atoms with Gasteiger partial charge in [0.2, 0.25) is 0 Å². The van der Waals surface area contributed by atoms with E-state index in [2.05, 4.69) is 24.5 Å². The van der Waals surface area contributed by atoms with Gasteiger partial charge >= 0.3 is 5.97 Å². The van der Waals surface area contributed by atoms with Crippen molar-refractivity contribution in [3.63, 3.8) is 0 Å². The van der Waals surface area contributed by atoms with E-state index in [1.807, 2.05) is 12.1 Å². The zero-order chi connectivity index (χ0) is 12.5. The number of ether oxygens (including phenoxy) is 1. The second-order valence-electron chi connectivity index (χ2n) is 5.12. The summed E-state index contributed by atoms with van der Waals surface area (Å²) in [7, 11) is 1.39. The fraction of sp³-hybridized carbons (Fsp3) is 0.462. The molecule has 92 valence electrons. The summed E-state index contributed by atoms with van der Waals surface area (Å²) in [4.78, 5) is 11.4. The number of carbonyl (C=O) groups is 1. The minimum Gasteiger partial charge on any atom is -0.465 e. The van der Waals surface area contributed by atoms with Crippen LogP contribution in [0.15, 0.2) is 18.2 Å². The normalized spacial score (nSPS) is 17.1. The number of fused-ring (bicyclic) bond motifs is 1. The Hall–Kier alpha value is -1.71. The van der Waals surface area contributed by atoms with E-state index < -0.39 is 0 Å². The Bertz CT molecular complexity index is 441. The molecule has 0 radical (unpaired) electrons. The number of rotatable bonds is 1. The van der Waals surface area contributed by atoms with Gasteiger partial charge in [-0.1, -0.05) is 13.8 Å². The zero-order valence-corrected chi connectivity index (χ0v) is 10.5. The Balaban J connectivity index is 2.29. The smallest absolute Gasteiger partial charge is 0.337 e. The van der Waals surface area contributed by atoms with Crippen molar-refractivity contribution in [1.29, 1.82) is 0 Å². The van der Waals surface area contributed by atoms with E-state index in [0.717, 1.165) is 24.5 Å². The summed E-state index contributed by atoms with van der Waals surface area (Å²) in [5, 5.41) is 6.75. The molecule has 0 saturated heterocycles. The maximum Gasteiger partial charge on any atom is 0.337 e. The van der Waals surface area contributed by atoms with Gasteiger partial charge in [0.15, 0.2) is 0 Å². The van der Waals surface area contributed by atoms with Gasteiger partial charge < -0.3 is 15.4 Å². The third-order valence-corrected chi connectivity index (χ3v) is 2.96. The van der Waals surface area contributed by atoms with E-state index in [0.29, 0.717) is 5.56 Å². The van der Waals surface area contributed by atoms with Gasteiger partial charge in [-0.2, -0.15) is 0 Å². The highest BCUT2D eigenvalue weighted by atomic mass is 16.5. The number of anilines is 2. The SMILES string of the molecule is COC(=O)c1ccc2c(c1)NCC(C)(C)CN2. The lowest BCUT2D eigenvalue weighted by atomic mass is 9.94. The topological polar surface area (TPSA) is 50.4 Å². The number of hydrogen-bond donors (Lipinski definition) is 2. The summed E-state index contributed by atoms with van der Waals surface area (Å²) in [5.41, 5.74) is 2.74.